The zero-order chi connectivity index (χ0) is 13.4. The second-order valence-corrected chi connectivity index (χ2v) is 4.26. The summed E-state index contributed by atoms with van der Waals surface area (Å²) in [6, 6.07) is 7.75. The monoisotopic (exact) mass is 249 g/mol. The maximum Gasteiger partial charge on any atom is 0.193 e. The molecule has 1 atom stereocenters. The van der Waals surface area contributed by atoms with Crippen LogP contribution in [0.15, 0.2) is 29.3 Å². The number of ether oxygens (including phenoxy) is 1. The summed E-state index contributed by atoms with van der Waals surface area (Å²) < 4.78 is 5.75. The minimum absolute atomic E-state index is 0.214. The van der Waals surface area contributed by atoms with Crippen LogP contribution in [-0.2, 0) is 0 Å². The third kappa shape index (κ3) is 5.08. The molecule has 0 fully saturated rings. The van der Waals surface area contributed by atoms with Gasteiger partial charge in [0, 0.05) is 18.3 Å². The first-order valence-corrected chi connectivity index (χ1v) is 6.49. The molecule has 0 bridgehead atoms. The predicted molar refractivity (Wildman–Crippen MR) is 77.2 cm³/mol. The summed E-state index contributed by atoms with van der Waals surface area (Å²) in [6.07, 6.45) is 2.18. The molecule has 1 aromatic rings. The van der Waals surface area contributed by atoms with E-state index >= 15 is 0 Å². The van der Waals surface area contributed by atoms with Crippen LogP contribution in [0.3, 0.4) is 0 Å². The van der Waals surface area contributed by atoms with Crippen LogP contribution >= 0.6 is 0 Å². The average Bonchev–Trinajstić information content (AvgIpc) is 2.36. The molecule has 0 saturated carbocycles. The van der Waals surface area contributed by atoms with Gasteiger partial charge in [0.15, 0.2) is 5.96 Å². The maximum absolute atomic E-state index is 5.77. The van der Waals surface area contributed by atoms with E-state index in [9.17, 15) is 0 Å². The Labute approximate surface area is 109 Å². The van der Waals surface area contributed by atoms with Crippen LogP contribution in [0.2, 0.25) is 0 Å². The van der Waals surface area contributed by atoms with Crippen molar-refractivity contribution in [1.29, 1.82) is 0 Å². The van der Waals surface area contributed by atoms with Gasteiger partial charge in [-0.3, -0.25) is 4.99 Å². The summed E-state index contributed by atoms with van der Waals surface area (Å²) in [5, 5.41) is 3.06. The lowest BCUT2D eigenvalue weighted by molar-refractivity contribution is 0.217. The fraction of sp³-hybridized carbons (Fsp3) is 0.500. The summed E-state index contributed by atoms with van der Waals surface area (Å²) in [5.74, 6) is 1.29. The summed E-state index contributed by atoms with van der Waals surface area (Å²) in [5.41, 5.74) is 6.66. The van der Waals surface area contributed by atoms with Gasteiger partial charge >= 0.3 is 0 Å². The Hall–Kier alpha value is -1.71. The van der Waals surface area contributed by atoms with Crippen molar-refractivity contribution in [2.45, 2.75) is 39.7 Å². The number of rotatable bonds is 6. The zero-order valence-corrected chi connectivity index (χ0v) is 11.4. The molecule has 1 aromatic carbocycles. The molecule has 4 nitrogen and oxygen atoms in total. The molecule has 0 saturated heterocycles. The molecule has 0 aliphatic rings. The highest BCUT2D eigenvalue weighted by molar-refractivity contribution is 5.92. The number of anilines is 1. The number of guanidine groups is 1. The van der Waals surface area contributed by atoms with Gasteiger partial charge in [0.1, 0.15) is 5.75 Å². The Kier molecular flexibility index (Phi) is 6.05. The highest BCUT2D eigenvalue weighted by Gasteiger charge is 2.02. The Bertz CT molecular complexity index is 390. The molecule has 0 radical (unpaired) electrons. The SMILES string of the molecule is CCCN=C(N)Nc1cccc(OC(C)CC)c1. The first-order chi connectivity index (χ1) is 8.65. The average molecular weight is 249 g/mol. The van der Waals surface area contributed by atoms with Gasteiger partial charge in [0.05, 0.1) is 6.10 Å². The summed E-state index contributed by atoms with van der Waals surface area (Å²) in [6.45, 7) is 6.96. The number of hydrogen-bond donors (Lipinski definition) is 2. The van der Waals surface area contributed by atoms with Crippen LogP contribution in [0, 0.1) is 0 Å². The number of nitrogens with two attached hydrogens (primary N) is 1. The highest BCUT2D eigenvalue weighted by Crippen LogP contribution is 2.18. The van der Waals surface area contributed by atoms with E-state index in [-0.39, 0.29) is 6.10 Å². The molecule has 3 N–H and O–H groups in total. The fourth-order valence-electron chi connectivity index (χ4n) is 1.38. The van der Waals surface area contributed by atoms with Crippen molar-refractivity contribution >= 4 is 11.6 Å². The molecule has 100 valence electrons. The van der Waals surface area contributed by atoms with Crippen LogP contribution in [0.1, 0.15) is 33.6 Å². The van der Waals surface area contributed by atoms with Crippen molar-refractivity contribution in [1.82, 2.24) is 0 Å². The van der Waals surface area contributed by atoms with Crippen molar-refractivity contribution in [2.75, 3.05) is 11.9 Å². The van der Waals surface area contributed by atoms with E-state index in [1.165, 1.54) is 0 Å². The van der Waals surface area contributed by atoms with Crippen LogP contribution in [-0.4, -0.2) is 18.6 Å². The largest absolute Gasteiger partial charge is 0.491 e. The number of nitrogens with one attached hydrogen (secondary N) is 1. The van der Waals surface area contributed by atoms with Gasteiger partial charge in [0.25, 0.3) is 0 Å². The molecule has 0 heterocycles. The number of aliphatic imine (C=N–C) groups is 1. The van der Waals surface area contributed by atoms with Gasteiger partial charge in [0.2, 0.25) is 0 Å². The van der Waals surface area contributed by atoms with Gasteiger partial charge in [-0.25, -0.2) is 0 Å². The van der Waals surface area contributed by atoms with E-state index in [0.29, 0.717) is 5.96 Å². The lowest BCUT2D eigenvalue weighted by atomic mass is 10.3. The molecule has 0 aliphatic carbocycles. The molecular formula is C14H23N3O. The molecule has 0 aromatic heterocycles. The topological polar surface area (TPSA) is 59.6 Å². The van der Waals surface area contributed by atoms with Gasteiger partial charge in [-0.15, -0.1) is 0 Å². The minimum Gasteiger partial charge on any atom is -0.491 e. The molecule has 0 spiro atoms. The van der Waals surface area contributed by atoms with Gasteiger partial charge < -0.3 is 15.8 Å². The van der Waals surface area contributed by atoms with Crippen molar-refractivity contribution in [3.63, 3.8) is 0 Å². The van der Waals surface area contributed by atoms with Crippen molar-refractivity contribution < 1.29 is 4.74 Å². The molecule has 0 aliphatic heterocycles. The number of hydrogen-bond acceptors (Lipinski definition) is 2. The van der Waals surface area contributed by atoms with Gasteiger partial charge in [-0.05, 0) is 31.9 Å². The third-order valence-corrected chi connectivity index (χ3v) is 2.52. The van der Waals surface area contributed by atoms with Gasteiger partial charge in [-0.1, -0.05) is 19.9 Å². The standard InChI is InChI=1S/C14H23N3O/c1-4-9-16-14(15)17-12-7-6-8-13(10-12)18-11(3)5-2/h6-8,10-11H,4-5,9H2,1-3H3,(H3,15,16,17). The molecular weight excluding hydrogens is 226 g/mol. The van der Waals surface area contributed by atoms with Crippen LogP contribution < -0.4 is 15.8 Å². The summed E-state index contributed by atoms with van der Waals surface area (Å²) in [4.78, 5) is 4.19. The normalized spacial score (nSPS) is 13.2. The molecule has 4 heteroatoms. The van der Waals surface area contributed by atoms with E-state index in [4.69, 9.17) is 10.5 Å². The lowest BCUT2D eigenvalue weighted by Gasteiger charge is -2.13. The van der Waals surface area contributed by atoms with Crippen LogP contribution in [0.5, 0.6) is 5.75 Å². The Morgan fingerprint density at radius 1 is 1.44 bits per heavy atom. The maximum atomic E-state index is 5.77. The quantitative estimate of drug-likeness (QED) is 0.602. The van der Waals surface area contributed by atoms with E-state index in [1.807, 2.05) is 24.3 Å². The molecule has 1 rings (SSSR count). The Morgan fingerprint density at radius 2 is 2.22 bits per heavy atom. The molecule has 1 unspecified atom stereocenters. The Morgan fingerprint density at radius 3 is 2.89 bits per heavy atom. The zero-order valence-electron chi connectivity index (χ0n) is 11.4. The minimum atomic E-state index is 0.214. The third-order valence-electron chi connectivity index (χ3n) is 2.52. The first-order valence-electron chi connectivity index (χ1n) is 6.49. The predicted octanol–water partition coefficient (Wildman–Crippen LogP) is 3.00. The summed E-state index contributed by atoms with van der Waals surface area (Å²) in [7, 11) is 0. The van der Waals surface area contributed by atoms with E-state index in [2.05, 4.69) is 31.1 Å². The highest BCUT2D eigenvalue weighted by atomic mass is 16.5. The van der Waals surface area contributed by atoms with E-state index in [1.54, 1.807) is 0 Å². The van der Waals surface area contributed by atoms with Crippen LogP contribution in [0.25, 0.3) is 0 Å². The van der Waals surface area contributed by atoms with Crippen molar-refractivity contribution in [3.8, 4) is 5.75 Å². The van der Waals surface area contributed by atoms with Gasteiger partial charge in [-0.2, -0.15) is 0 Å². The Balaban J connectivity index is 2.64. The summed E-state index contributed by atoms with van der Waals surface area (Å²) >= 11 is 0. The van der Waals surface area contributed by atoms with Crippen molar-refractivity contribution in [3.05, 3.63) is 24.3 Å². The van der Waals surface area contributed by atoms with E-state index < -0.39 is 0 Å². The molecule has 18 heavy (non-hydrogen) atoms. The second-order valence-electron chi connectivity index (χ2n) is 4.26. The number of benzene rings is 1. The lowest BCUT2D eigenvalue weighted by Crippen LogP contribution is -2.22. The van der Waals surface area contributed by atoms with E-state index in [0.717, 1.165) is 30.8 Å². The van der Waals surface area contributed by atoms with Crippen LogP contribution in [0.4, 0.5) is 5.69 Å². The number of nitrogens with zero attached hydrogens (tertiary/aromatic N) is 1. The van der Waals surface area contributed by atoms with Crippen molar-refractivity contribution in [2.24, 2.45) is 10.7 Å². The first kappa shape index (κ1) is 14.4. The second kappa shape index (κ2) is 7.58. The molecule has 0 amide bonds. The smallest absolute Gasteiger partial charge is 0.193 e. The fourth-order valence-corrected chi connectivity index (χ4v) is 1.38.